The Hall–Kier alpha value is -2.77. The molecule has 2 aromatic rings. The van der Waals surface area contributed by atoms with Gasteiger partial charge >= 0.3 is 0 Å². The van der Waals surface area contributed by atoms with Gasteiger partial charge in [-0.15, -0.1) is 0 Å². The molecule has 1 unspecified atom stereocenters. The zero-order valence-electron chi connectivity index (χ0n) is 20.0. The summed E-state index contributed by atoms with van der Waals surface area (Å²) in [6.07, 6.45) is 4.67. The van der Waals surface area contributed by atoms with Gasteiger partial charge in [-0.2, -0.15) is 0 Å². The fourth-order valence-corrected chi connectivity index (χ4v) is 4.50. The third kappa shape index (κ3) is 7.11. The van der Waals surface area contributed by atoms with Crippen molar-refractivity contribution in [3.05, 3.63) is 71.5 Å². The summed E-state index contributed by atoms with van der Waals surface area (Å²) in [7, 11) is 3.01. The van der Waals surface area contributed by atoms with Gasteiger partial charge in [0.05, 0.1) is 6.54 Å². The van der Waals surface area contributed by atoms with E-state index in [1.807, 2.05) is 30.3 Å². The molecule has 1 aliphatic carbocycles. The van der Waals surface area contributed by atoms with Crippen molar-refractivity contribution in [2.75, 3.05) is 27.3 Å². The minimum absolute atomic E-state index is 0.0914. The molecule has 0 heterocycles. The van der Waals surface area contributed by atoms with Gasteiger partial charge in [0, 0.05) is 26.7 Å². The Morgan fingerprint density at radius 3 is 2.26 bits per heavy atom. The van der Waals surface area contributed by atoms with Crippen molar-refractivity contribution in [2.24, 2.45) is 5.92 Å². The van der Waals surface area contributed by atoms with E-state index in [0.29, 0.717) is 18.5 Å². The van der Waals surface area contributed by atoms with Gasteiger partial charge in [0.25, 0.3) is 0 Å². The van der Waals surface area contributed by atoms with Crippen LogP contribution in [-0.2, 0) is 25.5 Å². The average molecular weight is 471 g/mol. The molecule has 1 saturated carbocycles. The molecular weight excluding hydrogens is 435 g/mol. The van der Waals surface area contributed by atoms with Gasteiger partial charge in [-0.05, 0) is 42.5 Å². The number of nitrogens with zero attached hydrogens (tertiary/aromatic N) is 1. The minimum Gasteiger partial charge on any atom is -0.354 e. The molecule has 34 heavy (non-hydrogen) atoms. The van der Waals surface area contributed by atoms with E-state index >= 15 is 0 Å². The number of benzene rings is 2. The van der Waals surface area contributed by atoms with E-state index in [2.05, 4.69) is 5.32 Å². The minimum atomic E-state index is -0.918. The van der Waals surface area contributed by atoms with Crippen molar-refractivity contribution in [1.82, 2.24) is 10.2 Å². The van der Waals surface area contributed by atoms with E-state index in [4.69, 9.17) is 9.47 Å². The number of nitrogens with one attached hydrogen (secondary N) is 1. The average Bonchev–Trinajstić information content (AvgIpc) is 2.88. The summed E-state index contributed by atoms with van der Waals surface area (Å²) in [5.74, 6) is -0.948. The first-order chi connectivity index (χ1) is 16.5. The number of amides is 2. The van der Waals surface area contributed by atoms with Crippen LogP contribution in [0.4, 0.5) is 4.39 Å². The van der Waals surface area contributed by atoms with Crippen LogP contribution in [0.15, 0.2) is 54.6 Å². The van der Waals surface area contributed by atoms with Gasteiger partial charge < -0.3 is 19.7 Å². The van der Waals surface area contributed by atoms with E-state index < -0.39 is 18.1 Å². The van der Waals surface area contributed by atoms with Crippen molar-refractivity contribution < 1.29 is 23.5 Å². The third-order valence-corrected chi connectivity index (χ3v) is 6.41. The standard InChI is InChI=1S/C27H35FN2O4/c1-33-24(34-2)19-30(27(32)22-11-7-4-8-12-22)25(21-13-15-23(28)16-14-21)26(31)29-18-17-20-9-5-3-6-10-20/h3,5-6,9-10,13-16,22,24-25H,4,7-8,11-12,17-19H2,1-2H3,(H,29,31). The SMILES string of the molecule is COC(CN(C(=O)C1CCCCC1)C(C(=O)NCCc1ccccc1)c1ccc(F)cc1)OC. The van der Waals surface area contributed by atoms with Gasteiger partial charge in [-0.3, -0.25) is 9.59 Å². The molecule has 1 N–H and O–H groups in total. The lowest BCUT2D eigenvalue weighted by atomic mass is 9.87. The predicted molar refractivity (Wildman–Crippen MR) is 128 cm³/mol. The summed E-state index contributed by atoms with van der Waals surface area (Å²) in [5.41, 5.74) is 1.66. The highest BCUT2D eigenvalue weighted by atomic mass is 19.1. The molecule has 6 nitrogen and oxygen atoms in total. The molecule has 1 fully saturated rings. The highest BCUT2D eigenvalue weighted by molar-refractivity contribution is 5.89. The molecule has 3 rings (SSSR count). The third-order valence-electron chi connectivity index (χ3n) is 6.41. The van der Waals surface area contributed by atoms with Crippen molar-refractivity contribution in [2.45, 2.75) is 50.9 Å². The zero-order valence-corrected chi connectivity index (χ0v) is 20.0. The Balaban J connectivity index is 1.87. The Bertz CT molecular complexity index is 897. The van der Waals surface area contributed by atoms with E-state index in [-0.39, 0.29) is 24.3 Å². The van der Waals surface area contributed by atoms with Gasteiger partial charge in [0.1, 0.15) is 11.9 Å². The van der Waals surface area contributed by atoms with Crippen LogP contribution in [0.1, 0.15) is 49.3 Å². The number of hydrogen-bond acceptors (Lipinski definition) is 4. The van der Waals surface area contributed by atoms with Crippen LogP contribution in [0.25, 0.3) is 0 Å². The topological polar surface area (TPSA) is 67.9 Å². The van der Waals surface area contributed by atoms with Gasteiger partial charge in [-0.25, -0.2) is 4.39 Å². The predicted octanol–water partition coefficient (Wildman–Crippen LogP) is 4.25. The monoisotopic (exact) mass is 470 g/mol. The molecule has 2 amide bonds. The van der Waals surface area contributed by atoms with Crippen LogP contribution in [0.2, 0.25) is 0 Å². The molecule has 7 heteroatoms. The second-order valence-electron chi connectivity index (χ2n) is 8.71. The first-order valence-electron chi connectivity index (χ1n) is 12.0. The molecule has 1 aliphatic rings. The van der Waals surface area contributed by atoms with Crippen LogP contribution in [0.3, 0.4) is 0 Å². The largest absolute Gasteiger partial charge is 0.354 e. The van der Waals surface area contributed by atoms with Crippen molar-refractivity contribution in [3.8, 4) is 0 Å². The first-order valence-corrected chi connectivity index (χ1v) is 12.0. The van der Waals surface area contributed by atoms with Crippen LogP contribution >= 0.6 is 0 Å². The lowest BCUT2D eigenvalue weighted by Crippen LogP contribution is -2.49. The summed E-state index contributed by atoms with van der Waals surface area (Å²) < 4.78 is 24.5. The number of carbonyl (C=O) groups excluding carboxylic acids is 2. The molecular formula is C27H35FN2O4. The van der Waals surface area contributed by atoms with Crippen LogP contribution < -0.4 is 5.32 Å². The molecule has 0 spiro atoms. The second kappa shape index (κ2) is 13.2. The Morgan fingerprint density at radius 1 is 1.00 bits per heavy atom. The van der Waals surface area contributed by atoms with Crippen LogP contribution in [-0.4, -0.2) is 50.3 Å². The number of methoxy groups -OCH3 is 2. The van der Waals surface area contributed by atoms with Crippen molar-refractivity contribution >= 4 is 11.8 Å². The summed E-state index contributed by atoms with van der Waals surface area (Å²) in [6, 6.07) is 14.7. The molecule has 0 radical (unpaired) electrons. The molecule has 2 aromatic carbocycles. The number of carbonyl (C=O) groups is 2. The quantitative estimate of drug-likeness (QED) is 0.499. The van der Waals surface area contributed by atoms with E-state index in [0.717, 1.165) is 37.7 Å². The number of ether oxygens (including phenoxy) is 2. The Kier molecular flexibility index (Phi) is 10.0. The summed E-state index contributed by atoms with van der Waals surface area (Å²) in [6.45, 7) is 0.514. The van der Waals surface area contributed by atoms with E-state index in [1.54, 1.807) is 17.0 Å². The van der Waals surface area contributed by atoms with Gasteiger partial charge in [-0.1, -0.05) is 61.7 Å². The summed E-state index contributed by atoms with van der Waals surface area (Å²) >= 11 is 0. The zero-order chi connectivity index (χ0) is 24.3. The Morgan fingerprint density at radius 2 is 1.65 bits per heavy atom. The van der Waals surface area contributed by atoms with Crippen molar-refractivity contribution in [1.29, 1.82) is 0 Å². The summed E-state index contributed by atoms with van der Waals surface area (Å²) in [4.78, 5) is 28.8. The Labute approximate surface area is 201 Å². The fourth-order valence-electron chi connectivity index (χ4n) is 4.50. The molecule has 0 aliphatic heterocycles. The summed E-state index contributed by atoms with van der Waals surface area (Å²) in [5, 5.41) is 2.98. The first kappa shape index (κ1) is 25.8. The smallest absolute Gasteiger partial charge is 0.247 e. The lowest BCUT2D eigenvalue weighted by Gasteiger charge is -2.36. The number of rotatable bonds is 11. The van der Waals surface area contributed by atoms with Crippen molar-refractivity contribution in [3.63, 3.8) is 0 Å². The lowest BCUT2D eigenvalue weighted by molar-refractivity contribution is -0.158. The van der Waals surface area contributed by atoms with Gasteiger partial charge in [0.2, 0.25) is 11.8 Å². The maximum absolute atomic E-state index is 13.7. The van der Waals surface area contributed by atoms with Gasteiger partial charge in [0.15, 0.2) is 6.29 Å². The normalized spacial score (nSPS) is 15.2. The molecule has 0 aromatic heterocycles. The maximum Gasteiger partial charge on any atom is 0.247 e. The molecule has 0 bridgehead atoms. The van der Waals surface area contributed by atoms with E-state index in [1.165, 1.54) is 26.4 Å². The number of halogens is 1. The second-order valence-corrected chi connectivity index (χ2v) is 8.71. The highest BCUT2D eigenvalue weighted by Gasteiger charge is 2.36. The van der Waals surface area contributed by atoms with Crippen LogP contribution in [0.5, 0.6) is 0 Å². The van der Waals surface area contributed by atoms with E-state index in [9.17, 15) is 14.0 Å². The number of hydrogen-bond donors (Lipinski definition) is 1. The molecule has 1 atom stereocenters. The highest BCUT2D eigenvalue weighted by Crippen LogP contribution is 2.30. The molecule has 184 valence electrons. The fraction of sp³-hybridized carbons (Fsp3) is 0.481. The van der Waals surface area contributed by atoms with Crippen LogP contribution in [0, 0.1) is 11.7 Å². The maximum atomic E-state index is 13.7. The molecule has 0 saturated heterocycles.